The molecule has 7 heteroatoms. The van der Waals surface area contributed by atoms with Gasteiger partial charge in [0, 0.05) is 0 Å². The summed E-state index contributed by atoms with van der Waals surface area (Å²) in [6.07, 6.45) is 0. The number of ether oxygens (including phenoxy) is 1. The zero-order valence-electron chi connectivity index (χ0n) is 16.6. The normalized spacial score (nSPS) is 10.6. The number of aromatic nitrogens is 2. The molecule has 3 aromatic rings. The summed E-state index contributed by atoms with van der Waals surface area (Å²) in [6, 6.07) is 14.3. The van der Waals surface area contributed by atoms with Crippen molar-refractivity contribution in [1.29, 1.82) is 0 Å². The van der Waals surface area contributed by atoms with Crippen molar-refractivity contribution in [2.24, 2.45) is 0 Å². The lowest BCUT2D eigenvalue weighted by molar-refractivity contribution is -0.119. The highest BCUT2D eigenvalue weighted by molar-refractivity contribution is 5.96. The summed E-state index contributed by atoms with van der Waals surface area (Å²) in [6.45, 7) is 5.17. The van der Waals surface area contributed by atoms with Crippen LogP contribution in [0.5, 0.6) is 0 Å². The summed E-state index contributed by atoms with van der Waals surface area (Å²) < 4.78 is 6.84. The number of carbonyl (C=O) groups is 2. The Bertz CT molecular complexity index is 1020. The van der Waals surface area contributed by atoms with E-state index in [-0.39, 0.29) is 6.61 Å². The predicted octanol–water partition coefficient (Wildman–Crippen LogP) is 3.09. The Kier molecular flexibility index (Phi) is 6.09. The summed E-state index contributed by atoms with van der Waals surface area (Å²) >= 11 is 0. The minimum absolute atomic E-state index is 0.104. The minimum atomic E-state index is -0.603. The first-order valence-electron chi connectivity index (χ1n) is 9.19. The molecule has 0 saturated heterocycles. The van der Waals surface area contributed by atoms with Gasteiger partial charge in [0.25, 0.3) is 5.91 Å². The molecule has 0 aliphatic rings. The number of nitrogens with one attached hydrogen (secondary N) is 1. The molecule has 0 radical (unpaired) electrons. The molecule has 0 aliphatic carbocycles. The number of hydrogen-bond donors (Lipinski definition) is 2. The van der Waals surface area contributed by atoms with Crippen molar-refractivity contribution in [2.75, 3.05) is 11.9 Å². The second-order valence-corrected chi connectivity index (χ2v) is 6.77. The van der Waals surface area contributed by atoms with E-state index in [1.54, 1.807) is 28.9 Å². The van der Waals surface area contributed by atoms with Crippen molar-refractivity contribution in [3.8, 4) is 5.69 Å². The maximum absolute atomic E-state index is 12.3. The van der Waals surface area contributed by atoms with Gasteiger partial charge >= 0.3 is 5.97 Å². The SMILES string of the molecule is Cc1ccc(-n2nc(C)c(NC(=O)COC(=O)c3ccc(CO)cc3)c2C)cc1. The zero-order valence-corrected chi connectivity index (χ0v) is 16.6. The van der Waals surface area contributed by atoms with Crippen LogP contribution in [0.25, 0.3) is 5.69 Å². The third-order valence-corrected chi connectivity index (χ3v) is 4.54. The van der Waals surface area contributed by atoms with Crippen LogP contribution in [0.15, 0.2) is 48.5 Å². The van der Waals surface area contributed by atoms with E-state index in [1.165, 1.54) is 0 Å². The van der Waals surface area contributed by atoms with Crippen molar-refractivity contribution in [3.63, 3.8) is 0 Å². The molecule has 0 atom stereocenters. The molecule has 0 bridgehead atoms. The van der Waals surface area contributed by atoms with Crippen LogP contribution in [0.3, 0.4) is 0 Å². The lowest BCUT2D eigenvalue weighted by Gasteiger charge is -2.08. The number of amides is 1. The third-order valence-electron chi connectivity index (χ3n) is 4.54. The smallest absolute Gasteiger partial charge is 0.338 e. The van der Waals surface area contributed by atoms with Crippen molar-refractivity contribution in [3.05, 3.63) is 76.6 Å². The topological polar surface area (TPSA) is 93.5 Å². The molecule has 0 spiro atoms. The van der Waals surface area contributed by atoms with E-state index in [2.05, 4.69) is 10.4 Å². The van der Waals surface area contributed by atoms with E-state index in [1.807, 2.05) is 45.0 Å². The van der Waals surface area contributed by atoms with Gasteiger partial charge in [-0.2, -0.15) is 5.10 Å². The van der Waals surface area contributed by atoms with E-state index < -0.39 is 18.5 Å². The Morgan fingerprint density at radius 3 is 2.31 bits per heavy atom. The number of nitrogens with zero attached hydrogens (tertiary/aromatic N) is 2. The average molecular weight is 393 g/mol. The standard InChI is InChI=1S/C22H23N3O4/c1-14-4-10-19(11-5-14)25-16(3)21(15(2)24-25)23-20(27)13-29-22(28)18-8-6-17(12-26)7-9-18/h4-11,26H,12-13H2,1-3H3,(H,23,27). The molecule has 0 unspecified atom stereocenters. The van der Waals surface area contributed by atoms with Gasteiger partial charge in [-0.15, -0.1) is 0 Å². The van der Waals surface area contributed by atoms with Gasteiger partial charge in [-0.25, -0.2) is 9.48 Å². The zero-order chi connectivity index (χ0) is 21.0. The highest BCUT2D eigenvalue weighted by atomic mass is 16.5. The molecule has 7 nitrogen and oxygen atoms in total. The lowest BCUT2D eigenvalue weighted by Crippen LogP contribution is -2.21. The Balaban J connectivity index is 1.64. The number of carbonyl (C=O) groups excluding carboxylic acids is 2. The van der Waals surface area contributed by atoms with Crippen LogP contribution >= 0.6 is 0 Å². The molecule has 1 amide bonds. The number of aliphatic hydroxyl groups is 1. The number of anilines is 1. The molecule has 0 saturated carbocycles. The first-order valence-corrected chi connectivity index (χ1v) is 9.19. The summed E-state index contributed by atoms with van der Waals surface area (Å²) in [5.74, 6) is -1.05. The number of hydrogen-bond acceptors (Lipinski definition) is 5. The van der Waals surface area contributed by atoms with E-state index in [0.717, 1.165) is 16.9 Å². The molecule has 2 N–H and O–H groups in total. The fourth-order valence-corrected chi connectivity index (χ4v) is 2.90. The van der Waals surface area contributed by atoms with Crippen LogP contribution in [-0.2, 0) is 16.1 Å². The van der Waals surface area contributed by atoms with Gasteiger partial charge < -0.3 is 15.2 Å². The van der Waals surface area contributed by atoms with Crippen LogP contribution in [0.2, 0.25) is 0 Å². The summed E-state index contributed by atoms with van der Waals surface area (Å²) in [5.41, 5.74) is 5.10. The van der Waals surface area contributed by atoms with Gasteiger partial charge in [-0.3, -0.25) is 4.79 Å². The molecule has 1 aromatic heterocycles. The number of esters is 1. The minimum Gasteiger partial charge on any atom is -0.452 e. The Labute approximate surface area is 168 Å². The molecular formula is C22H23N3O4. The molecule has 29 heavy (non-hydrogen) atoms. The van der Waals surface area contributed by atoms with Gasteiger partial charge in [0.05, 0.1) is 34.9 Å². The van der Waals surface area contributed by atoms with Crippen LogP contribution in [0.1, 0.15) is 32.9 Å². The highest BCUT2D eigenvalue weighted by Crippen LogP contribution is 2.23. The monoisotopic (exact) mass is 393 g/mol. The van der Waals surface area contributed by atoms with Crippen LogP contribution in [-0.4, -0.2) is 33.4 Å². The van der Waals surface area contributed by atoms with Crippen LogP contribution in [0.4, 0.5) is 5.69 Å². The maximum atomic E-state index is 12.3. The Morgan fingerprint density at radius 2 is 1.69 bits per heavy atom. The summed E-state index contributed by atoms with van der Waals surface area (Å²) in [5, 5.41) is 16.3. The molecule has 0 aliphatic heterocycles. The van der Waals surface area contributed by atoms with Crippen molar-refractivity contribution < 1.29 is 19.4 Å². The maximum Gasteiger partial charge on any atom is 0.338 e. The third kappa shape index (κ3) is 4.70. The molecule has 150 valence electrons. The van der Waals surface area contributed by atoms with E-state index in [0.29, 0.717) is 22.5 Å². The van der Waals surface area contributed by atoms with Crippen LogP contribution < -0.4 is 5.32 Å². The van der Waals surface area contributed by atoms with Crippen LogP contribution in [0, 0.1) is 20.8 Å². The Morgan fingerprint density at radius 1 is 1.03 bits per heavy atom. The summed E-state index contributed by atoms with van der Waals surface area (Å²) in [4.78, 5) is 24.4. The van der Waals surface area contributed by atoms with E-state index in [4.69, 9.17) is 9.84 Å². The molecular weight excluding hydrogens is 370 g/mol. The predicted molar refractivity (Wildman–Crippen MR) is 109 cm³/mol. The van der Waals surface area contributed by atoms with Crippen molar-refractivity contribution >= 4 is 17.6 Å². The van der Waals surface area contributed by atoms with Crippen molar-refractivity contribution in [2.45, 2.75) is 27.4 Å². The molecule has 2 aromatic carbocycles. The van der Waals surface area contributed by atoms with Gasteiger partial charge in [-0.05, 0) is 50.6 Å². The van der Waals surface area contributed by atoms with Gasteiger partial charge in [0.15, 0.2) is 6.61 Å². The first kappa shape index (κ1) is 20.3. The number of aryl methyl sites for hydroxylation is 2. The van der Waals surface area contributed by atoms with Gasteiger partial charge in [0.2, 0.25) is 0 Å². The second kappa shape index (κ2) is 8.70. The molecule has 0 fully saturated rings. The van der Waals surface area contributed by atoms with E-state index in [9.17, 15) is 9.59 Å². The highest BCUT2D eigenvalue weighted by Gasteiger charge is 2.17. The molecule has 3 rings (SSSR count). The first-order chi connectivity index (χ1) is 13.9. The number of benzene rings is 2. The van der Waals surface area contributed by atoms with E-state index >= 15 is 0 Å². The fraction of sp³-hybridized carbons (Fsp3) is 0.227. The second-order valence-electron chi connectivity index (χ2n) is 6.77. The van der Waals surface area contributed by atoms with Gasteiger partial charge in [-0.1, -0.05) is 29.8 Å². The quantitative estimate of drug-likeness (QED) is 0.628. The number of aliphatic hydroxyl groups excluding tert-OH is 1. The average Bonchev–Trinajstić information content (AvgIpc) is 3.01. The Hall–Kier alpha value is -3.45. The largest absolute Gasteiger partial charge is 0.452 e. The van der Waals surface area contributed by atoms with Crippen molar-refractivity contribution in [1.82, 2.24) is 9.78 Å². The summed E-state index contributed by atoms with van der Waals surface area (Å²) in [7, 11) is 0. The number of rotatable bonds is 6. The van der Waals surface area contributed by atoms with Gasteiger partial charge in [0.1, 0.15) is 0 Å². The fourth-order valence-electron chi connectivity index (χ4n) is 2.90. The molecule has 1 heterocycles. The lowest BCUT2D eigenvalue weighted by atomic mass is 10.1.